The molecule has 1 heterocycles. The van der Waals surface area contributed by atoms with Gasteiger partial charge in [0.25, 0.3) is 5.91 Å². The van der Waals surface area contributed by atoms with Gasteiger partial charge in [0.1, 0.15) is 6.04 Å². The number of para-hydroxylation sites is 1. The standard InChI is InChI=1S/C18H19N3O3/c1-2-15(20-14-6-4-3-5-7-14)18(22)21-19-11-13-8-9-16-17(10-13)24-12-23-16/h3-11,15,20H,2,12H2,1H3,(H,21,22)/b19-11-/t15-/m0/s1. The highest BCUT2D eigenvalue weighted by Crippen LogP contribution is 2.31. The Balaban J connectivity index is 1.57. The zero-order valence-electron chi connectivity index (χ0n) is 13.4. The first-order valence-corrected chi connectivity index (χ1v) is 7.80. The molecule has 0 spiro atoms. The number of fused-ring (bicyclic) bond motifs is 1. The van der Waals surface area contributed by atoms with E-state index in [4.69, 9.17) is 9.47 Å². The molecular weight excluding hydrogens is 306 g/mol. The van der Waals surface area contributed by atoms with Gasteiger partial charge in [-0.3, -0.25) is 4.79 Å². The number of ether oxygens (including phenoxy) is 2. The van der Waals surface area contributed by atoms with Crippen molar-refractivity contribution in [2.45, 2.75) is 19.4 Å². The van der Waals surface area contributed by atoms with Crippen molar-refractivity contribution >= 4 is 17.8 Å². The van der Waals surface area contributed by atoms with Crippen molar-refractivity contribution in [2.24, 2.45) is 5.10 Å². The van der Waals surface area contributed by atoms with Crippen molar-refractivity contribution in [2.75, 3.05) is 12.1 Å². The molecule has 0 unspecified atom stereocenters. The SMILES string of the molecule is CC[C@H](Nc1ccccc1)C(=O)N/N=C\c1ccc2c(c1)OCO2. The summed E-state index contributed by atoms with van der Waals surface area (Å²) in [5.74, 6) is 1.22. The Bertz CT molecular complexity index is 732. The van der Waals surface area contributed by atoms with Gasteiger partial charge in [-0.05, 0) is 42.3 Å². The lowest BCUT2D eigenvalue weighted by molar-refractivity contribution is -0.121. The first-order chi connectivity index (χ1) is 11.8. The highest BCUT2D eigenvalue weighted by atomic mass is 16.7. The summed E-state index contributed by atoms with van der Waals surface area (Å²) in [5, 5.41) is 7.21. The van der Waals surface area contributed by atoms with Gasteiger partial charge in [0, 0.05) is 5.69 Å². The summed E-state index contributed by atoms with van der Waals surface area (Å²) in [6, 6.07) is 14.8. The molecular formula is C18H19N3O3. The average Bonchev–Trinajstić information content (AvgIpc) is 3.08. The van der Waals surface area contributed by atoms with Crippen LogP contribution in [0, 0.1) is 0 Å². The first kappa shape index (κ1) is 15.9. The molecule has 0 aliphatic carbocycles. The topological polar surface area (TPSA) is 72.0 Å². The fraction of sp³-hybridized carbons (Fsp3) is 0.222. The van der Waals surface area contributed by atoms with E-state index in [-0.39, 0.29) is 18.7 Å². The molecule has 1 aliphatic rings. The third-order valence-corrected chi connectivity index (χ3v) is 3.62. The summed E-state index contributed by atoms with van der Waals surface area (Å²) >= 11 is 0. The van der Waals surface area contributed by atoms with E-state index in [2.05, 4.69) is 15.8 Å². The number of nitrogens with one attached hydrogen (secondary N) is 2. The smallest absolute Gasteiger partial charge is 0.262 e. The molecule has 2 aromatic rings. The number of amides is 1. The zero-order valence-corrected chi connectivity index (χ0v) is 13.4. The lowest BCUT2D eigenvalue weighted by Crippen LogP contribution is -2.36. The normalized spacial score (nSPS) is 13.7. The average molecular weight is 325 g/mol. The van der Waals surface area contributed by atoms with Gasteiger partial charge in [0.2, 0.25) is 6.79 Å². The van der Waals surface area contributed by atoms with E-state index in [0.29, 0.717) is 17.9 Å². The molecule has 0 bridgehead atoms. The number of rotatable bonds is 6. The number of nitrogens with zero attached hydrogens (tertiary/aromatic N) is 1. The van der Waals surface area contributed by atoms with Crippen LogP contribution in [0.5, 0.6) is 11.5 Å². The number of carbonyl (C=O) groups is 1. The van der Waals surface area contributed by atoms with Gasteiger partial charge in [-0.2, -0.15) is 5.10 Å². The molecule has 0 aromatic heterocycles. The predicted octanol–water partition coefficient (Wildman–Crippen LogP) is 2.76. The minimum Gasteiger partial charge on any atom is -0.454 e. The van der Waals surface area contributed by atoms with E-state index in [1.807, 2.05) is 55.5 Å². The number of anilines is 1. The summed E-state index contributed by atoms with van der Waals surface area (Å²) in [5.41, 5.74) is 4.29. The third-order valence-electron chi connectivity index (χ3n) is 3.62. The summed E-state index contributed by atoms with van der Waals surface area (Å²) in [4.78, 5) is 12.2. The van der Waals surface area contributed by atoms with E-state index < -0.39 is 0 Å². The summed E-state index contributed by atoms with van der Waals surface area (Å²) in [6.07, 6.45) is 2.23. The molecule has 0 saturated carbocycles. The fourth-order valence-electron chi connectivity index (χ4n) is 2.33. The number of hydrogen-bond acceptors (Lipinski definition) is 5. The Morgan fingerprint density at radius 1 is 1.21 bits per heavy atom. The summed E-state index contributed by atoms with van der Waals surface area (Å²) in [7, 11) is 0. The maximum Gasteiger partial charge on any atom is 0.262 e. The van der Waals surface area contributed by atoms with E-state index in [9.17, 15) is 4.79 Å². The van der Waals surface area contributed by atoms with Crippen molar-refractivity contribution in [1.29, 1.82) is 0 Å². The van der Waals surface area contributed by atoms with Crippen LogP contribution in [0.25, 0.3) is 0 Å². The molecule has 0 saturated heterocycles. The summed E-state index contributed by atoms with van der Waals surface area (Å²) in [6.45, 7) is 2.18. The maximum absolute atomic E-state index is 12.2. The molecule has 0 radical (unpaired) electrons. The Labute approximate surface area is 140 Å². The second-order valence-corrected chi connectivity index (χ2v) is 5.32. The van der Waals surface area contributed by atoms with Gasteiger partial charge in [-0.25, -0.2) is 5.43 Å². The van der Waals surface area contributed by atoms with Crippen LogP contribution >= 0.6 is 0 Å². The van der Waals surface area contributed by atoms with Crippen molar-refractivity contribution in [3.8, 4) is 11.5 Å². The molecule has 3 rings (SSSR count). The second-order valence-electron chi connectivity index (χ2n) is 5.32. The molecule has 2 N–H and O–H groups in total. The Kier molecular flexibility index (Phi) is 4.96. The van der Waals surface area contributed by atoms with Crippen LogP contribution in [-0.2, 0) is 4.79 Å². The molecule has 24 heavy (non-hydrogen) atoms. The Hall–Kier alpha value is -3.02. The van der Waals surface area contributed by atoms with E-state index in [0.717, 1.165) is 11.3 Å². The van der Waals surface area contributed by atoms with E-state index in [1.165, 1.54) is 0 Å². The van der Waals surface area contributed by atoms with Gasteiger partial charge in [-0.15, -0.1) is 0 Å². The largest absolute Gasteiger partial charge is 0.454 e. The van der Waals surface area contributed by atoms with Crippen LogP contribution in [0.2, 0.25) is 0 Å². The lowest BCUT2D eigenvalue weighted by atomic mass is 10.2. The Morgan fingerprint density at radius 2 is 2.00 bits per heavy atom. The van der Waals surface area contributed by atoms with E-state index in [1.54, 1.807) is 6.21 Å². The first-order valence-electron chi connectivity index (χ1n) is 7.80. The van der Waals surface area contributed by atoms with E-state index >= 15 is 0 Å². The quantitative estimate of drug-likeness (QED) is 0.633. The van der Waals surface area contributed by atoms with Gasteiger partial charge >= 0.3 is 0 Å². The number of benzene rings is 2. The van der Waals surface area contributed by atoms with Crippen molar-refractivity contribution in [1.82, 2.24) is 5.43 Å². The lowest BCUT2D eigenvalue weighted by Gasteiger charge is -2.16. The fourth-order valence-corrected chi connectivity index (χ4v) is 2.33. The number of hydrogen-bond donors (Lipinski definition) is 2. The van der Waals surface area contributed by atoms with Crippen molar-refractivity contribution in [3.63, 3.8) is 0 Å². The van der Waals surface area contributed by atoms with Gasteiger partial charge in [0.05, 0.1) is 6.21 Å². The molecule has 124 valence electrons. The van der Waals surface area contributed by atoms with Gasteiger partial charge in [0.15, 0.2) is 11.5 Å². The molecule has 0 fully saturated rings. The van der Waals surface area contributed by atoms with Gasteiger partial charge < -0.3 is 14.8 Å². The minimum atomic E-state index is -0.346. The van der Waals surface area contributed by atoms with Crippen LogP contribution in [0.3, 0.4) is 0 Å². The molecule has 2 aromatic carbocycles. The molecule has 1 amide bonds. The summed E-state index contributed by atoms with van der Waals surface area (Å²) < 4.78 is 10.6. The second kappa shape index (κ2) is 7.50. The van der Waals surface area contributed by atoms with Gasteiger partial charge in [-0.1, -0.05) is 25.1 Å². The molecule has 6 heteroatoms. The van der Waals surface area contributed by atoms with Crippen LogP contribution in [0.1, 0.15) is 18.9 Å². The van der Waals surface area contributed by atoms with Crippen LogP contribution in [0.4, 0.5) is 5.69 Å². The van der Waals surface area contributed by atoms with Crippen molar-refractivity contribution < 1.29 is 14.3 Å². The number of hydrazone groups is 1. The highest BCUT2D eigenvalue weighted by molar-refractivity contribution is 5.87. The molecule has 1 atom stereocenters. The van der Waals surface area contributed by atoms with Crippen LogP contribution in [-0.4, -0.2) is 25.0 Å². The Morgan fingerprint density at radius 3 is 2.79 bits per heavy atom. The highest BCUT2D eigenvalue weighted by Gasteiger charge is 2.15. The maximum atomic E-state index is 12.2. The third kappa shape index (κ3) is 3.84. The molecule has 6 nitrogen and oxygen atoms in total. The van der Waals surface area contributed by atoms with Crippen molar-refractivity contribution in [3.05, 3.63) is 54.1 Å². The molecule has 1 aliphatic heterocycles. The minimum absolute atomic E-state index is 0.182. The predicted molar refractivity (Wildman–Crippen MR) is 92.4 cm³/mol. The van der Waals surface area contributed by atoms with Crippen LogP contribution in [0.15, 0.2) is 53.6 Å². The number of carbonyl (C=O) groups excluding carboxylic acids is 1. The monoisotopic (exact) mass is 325 g/mol. The zero-order chi connectivity index (χ0) is 16.8. The van der Waals surface area contributed by atoms with Crippen LogP contribution < -0.4 is 20.2 Å².